The van der Waals surface area contributed by atoms with Gasteiger partial charge in [-0.3, -0.25) is 14.0 Å². The first-order chi connectivity index (χ1) is 14.0. The molecule has 0 spiro atoms. The zero-order chi connectivity index (χ0) is 20.4. The fraction of sp³-hybridized carbons (Fsp3) is 0.429. The maximum atomic E-state index is 12.3. The van der Waals surface area contributed by atoms with E-state index in [1.54, 1.807) is 18.3 Å². The van der Waals surface area contributed by atoms with Crippen LogP contribution in [0.1, 0.15) is 39.2 Å². The van der Waals surface area contributed by atoms with E-state index < -0.39 is 0 Å². The van der Waals surface area contributed by atoms with Gasteiger partial charge in [-0.2, -0.15) is 5.10 Å². The van der Waals surface area contributed by atoms with Gasteiger partial charge in [-0.1, -0.05) is 6.07 Å². The fourth-order valence-electron chi connectivity index (χ4n) is 3.82. The highest BCUT2D eigenvalue weighted by Crippen LogP contribution is 2.23. The van der Waals surface area contributed by atoms with Crippen LogP contribution in [0.15, 0.2) is 52.2 Å². The number of piperidine rings is 1. The molecular weight excluding hydrogens is 368 g/mol. The molecule has 0 radical (unpaired) electrons. The van der Waals surface area contributed by atoms with Crippen LogP contribution in [0, 0.1) is 0 Å². The molecule has 8 heteroatoms. The van der Waals surface area contributed by atoms with Gasteiger partial charge in [0.15, 0.2) is 0 Å². The average molecular weight is 394 g/mol. The molecule has 1 unspecified atom stereocenters. The Kier molecular flexibility index (Phi) is 5.33. The van der Waals surface area contributed by atoms with Crippen molar-refractivity contribution in [3.63, 3.8) is 0 Å². The molecular formula is C21H26N6O2. The standard InChI is InChI=1S/C21H26N6O2/c1-15(2)27-20(28)10-9-19(24-27)25-11-5-3-7-16(25)14-22-17-13-21(29)26-12-6-4-8-18(26)23-17/h4,6,8-10,12-13,15-16,22H,3,5,7,11,14H2,1-2H3. The van der Waals surface area contributed by atoms with E-state index in [0.29, 0.717) is 18.0 Å². The van der Waals surface area contributed by atoms with Crippen LogP contribution in [0.3, 0.4) is 0 Å². The highest BCUT2D eigenvalue weighted by Gasteiger charge is 2.24. The second-order valence-corrected chi connectivity index (χ2v) is 7.70. The molecule has 0 saturated carbocycles. The number of nitrogens with one attached hydrogen (secondary N) is 1. The van der Waals surface area contributed by atoms with Gasteiger partial charge in [0.2, 0.25) is 0 Å². The molecule has 1 aliphatic rings. The van der Waals surface area contributed by atoms with Crippen molar-refractivity contribution in [3.8, 4) is 0 Å². The summed E-state index contributed by atoms with van der Waals surface area (Å²) < 4.78 is 3.05. The molecule has 4 heterocycles. The quantitative estimate of drug-likeness (QED) is 0.715. The van der Waals surface area contributed by atoms with E-state index in [-0.39, 0.29) is 23.2 Å². The molecule has 0 aliphatic carbocycles. The zero-order valence-corrected chi connectivity index (χ0v) is 16.8. The number of hydrogen-bond donors (Lipinski definition) is 1. The maximum absolute atomic E-state index is 12.3. The monoisotopic (exact) mass is 394 g/mol. The molecule has 1 fully saturated rings. The minimum Gasteiger partial charge on any atom is -0.368 e. The number of aromatic nitrogens is 4. The van der Waals surface area contributed by atoms with Crippen molar-refractivity contribution in [2.75, 3.05) is 23.3 Å². The van der Waals surface area contributed by atoms with Crippen molar-refractivity contribution in [2.45, 2.75) is 45.2 Å². The van der Waals surface area contributed by atoms with Gasteiger partial charge in [0.25, 0.3) is 11.1 Å². The van der Waals surface area contributed by atoms with Crippen LogP contribution in [0.2, 0.25) is 0 Å². The van der Waals surface area contributed by atoms with Crippen molar-refractivity contribution in [1.82, 2.24) is 19.2 Å². The lowest BCUT2D eigenvalue weighted by Gasteiger charge is -2.37. The normalized spacial score (nSPS) is 17.1. The van der Waals surface area contributed by atoms with Gasteiger partial charge in [-0.05, 0) is 51.3 Å². The molecule has 29 heavy (non-hydrogen) atoms. The summed E-state index contributed by atoms with van der Waals surface area (Å²) in [5, 5.41) is 7.92. The third-order valence-electron chi connectivity index (χ3n) is 5.31. The molecule has 1 N–H and O–H groups in total. The number of anilines is 2. The Morgan fingerprint density at radius 3 is 2.83 bits per heavy atom. The van der Waals surface area contributed by atoms with Gasteiger partial charge < -0.3 is 10.2 Å². The SMILES string of the molecule is CC(C)n1nc(N2CCCCC2CNc2cc(=O)n3ccccc3n2)ccc1=O. The van der Waals surface area contributed by atoms with Crippen LogP contribution >= 0.6 is 0 Å². The van der Waals surface area contributed by atoms with Crippen LogP contribution < -0.4 is 21.3 Å². The van der Waals surface area contributed by atoms with Crippen molar-refractivity contribution in [3.05, 3.63) is 63.3 Å². The predicted octanol–water partition coefficient (Wildman–Crippen LogP) is 2.30. The molecule has 3 aromatic rings. The van der Waals surface area contributed by atoms with Crippen molar-refractivity contribution in [1.29, 1.82) is 0 Å². The van der Waals surface area contributed by atoms with Crippen LogP contribution in [-0.4, -0.2) is 38.3 Å². The van der Waals surface area contributed by atoms with Gasteiger partial charge in [0.1, 0.15) is 17.3 Å². The van der Waals surface area contributed by atoms with E-state index >= 15 is 0 Å². The minimum absolute atomic E-state index is 0.0126. The summed E-state index contributed by atoms with van der Waals surface area (Å²) in [6, 6.07) is 10.6. The molecule has 1 aliphatic heterocycles. The summed E-state index contributed by atoms with van der Waals surface area (Å²) >= 11 is 0. The zero-order valence-electron chi connectivity index (χ0n) is 16.8. The molecule has 152 valence electrons. The summed E-state index contributed by atoms with van der Waals surface area (Å²) in [7, 11) is 0. The highest BCUT2D eigenvalue weighted by molar-refractivity contribution is 5.47. The van der Waals surface area contributed by atoms with Crippen LogP contribution in [0.5, 0.6) is 0 Å². The van der Waals surface area contributed by atoms with Gasteiger partial charge in [-0.25, -0.2) is 9.67 Å². The van der Waals surface area contributed by atoms with E-state index in [9.17, 15) is 9.59 Å². The number of rotatable bonds is 5. The maximum Gasteiger partial charge on any atom is 0.267 e. The third kappa shape index (κ3) is 4.01. The number of pyridine rings is 1. The first kappa shape index (κ1) is 19.2. The lowest BCUT2D eigenvalue weighted by molar-refractivity contribution is 0.451. The molecule has 8 nitrogen and oxygen atoms in total. The Balaban J connectivity index is 1.55. The van der Waals surface area contributed by atoms with Crippen LogP contribution in [-0.2, 0) is 0 Å². The number of nitrogens with zero attached hydrogens (tertiary/aromatic N) is 5. The Hall–Kier alpha value is -3.16. The van der Waals surface area contributed by atoms with E-state index in [1.165, 1.54) is 15.1 Å². The Morgan fingerprint density at radius 1 is 1.14 bits per heavy atom. The predicted molar refractivity (Wildman–Crippen MR) is 114 cm³/mol. The first-order valence-electron chi connectivity index (χ1n) is 10.1. The number of hydrogen-bond acceptors (Lipinski definition) is 6. The molecule has 0 bridgehead atoms. The Bertz CT molecular complexity index is 1120. The second kappa shape index (κ2) is 8.06. The lowest BCUT2D eigenvalue weighted by Crippen LogP contribution is -2.45. The number of fused-ring (bicyclic) bond motifs is 1. The highest BCUT2D eigenvalue weighted by atomic mass is 16.1. The first-order valence-corrected chi connectivity index (χ1v) is 10.1. The van der Waals surface area contributed by atoms with E-state index in [0.717, 1.165) is 31.6 Å². The Morgan fingerprint density at radius 2 is 2.00 bits per heavy atom. The summed E-state index contributed by atoms with van der Waals surface area (Å²) in [6.45, 7) is 5.45. The molecule has 3 aromatic heterocycles. The largest absolute Gasteiger partial charge is 0.368 e. The molecule has 0 aromatic carbocycles. The van der Waals surface area contributed by atoms with Gasteiger partial charge >= 0.3 is 0 Å². The van der Waals surface area contributed by atoms with E-state index in [2.05, 4.69) is 20.3 Å². The molecule has 0 amide bonds. The summed E-state index contributed by atoms with van der Waals surface area (Å²) in [5.74, 6) is 1.39. The molecule has 4 rings (SSSR count). The minimum atomic E-state index is -0.107. The van der Waals surface area contributed by atoms with Gasteiger partial charge in [0, 0.05) is 37.5 Å². The van der Waals surface area contributed by atoms with Gasteiger partial charge in [-0.15, -0.1) is 0 Å². The molecule has 1 saturated heterocycles. The van der Waals surface area contributed by atoms with Crippen LogP contribution in [0.4, 0.5) is 11.6 Å². The van der Waals surface area contributed by atoms with E-state index in [1.807, 2.05) is 32.0 Å². The van der Waals surface area contributed by atoms with Crippen molar-refractivity contribution in [2.24, 2.45) is 0 Å². The van der Waals surface area contributed by atoms with Gasteiger partial charge in [0.05, 0.1) is 6.04 Å². The summed E-state index contributed by atoms with van der Waals surface area (Å²) in [6.07, 6.45) is 4.96. The third-order valence-corrected chi connectivity index (χ3v) is 5.31. The van der Waals surface area contributed by atoms with E-state index in [4.69, 9.17) is 0 Å². The fourth-order valence-corrected chi connectivity index (χ4v) is 3.82. The smallest absolute Gasteiger partial charge is 0.267 e. The molecule has 1 atom stereocenters. The van der Waals surface area contributed by atoms with Crippen LogP contribution in [0.25, 0.3) is 5.65 Å². The lowest BCUT2D eigenvalue weighted by atomic mass is 10.0. The Labute approximate surface area is 168 Å². The topological polar surface area (TPSA) is 84.5 Å². The average Bonchev–Trinajstić information content (AvgIpc) is 2.73. The van der Waals surface area contributed by atoms with Crippen molar-refractivity contribution >= 4 is 17.3 Å². The summed E-state index contributed by atoms with van der Waals surface area (Å²) in [5.41, 5.74) is 0.425. The second-order valence-electron chi connectivity index (χ2n) is 7.70. The van der Waals surface area contributed by atoms with Crippen molar-refractivity contribution < 1.29 is 0 Å². The summed E-state index contributed by atoms with van der Waals surface area (Å²) in [4.78, 5) is 31.1.